The predicted molar refractivity (Wildman–Crippen MR) is 138 cm³/mol. The van der Waals surface area contributed by atoms with E-state index in [0.717, 1.165) is 44.0 Å². The summed E-state index contributed by atoms with van der Waals surface area (Å²) in [6, 6.07) is 4.59. The zero-order chi connectivity index (χ0) is 22.4. The van der Waals surface area contributed by atoms with Gasteiger partial charge in [-0.1, -0.05) is 6.42 Å². The minimum Gasteiger partial charge on any atom is -0.469 e. The average Bonchev–Trinajstić information content (AvgIpc) is 3.26. The summed E-state index contributed by atoms with van der Waals surface area (Å²) in [6.45, 7) is 7.19. The van der Waals surface area contributed by atoms with E-state index in [2.05, 4.69) is 17.6 Å². The Balaban J connectivity index is 0.00000306. The number of aliphatic imine (C=N–C) groups is 1. The molecule has 2 N–H and O–H groups in total. The highest BCUT2D eigenvalue weighted by atomic mass is 127. The molecule has 9 heteroatoms. The van der Waals surface area contributed by atoms with Gasteiger partial charge in [-0.15, -0.1) is 24.0 Å². The molecule has 33 heavy (non-hydrogen) atoms. The molecule has 1 aliphatic heterocycles. The number of carbonyl (C=O) groups is 1. The van der Waals surface area contributed by atoms with Crippen LogP contribution in [0.4, 0.5) is 4.79 Å². The molecule has 1 spiro atoms. The highest BCUT2D eigenvalue weighted by Gasteiger charge is 2.59. The molecule has 186 valence electrons. The standard InChI is InChI=1S/C24H38N4O4.HI/c1-3-30-21-17-20(24(21)11-6-12-24)27-22(25-13-8-19-7-5-16-32-19)26-18-9-14-28(15-10-18)23(29)31-4-2;/h5,7,16,18,20-21H,3-4,6,8-15,17H2,1-2H3,(H2,25,26,27);1H. The summed E-state index contributed by atoms with van der Waals surface area (Å²) in [6.07, 6.45) is 9.19. The van der Waals surface area contributed by atoms with Gasteiger partial charge in [-0.05, 0) is 58.1 Å². The lowest BCUT2D eigenvalue weighted by molar-refractivity contribution is -0.168. The molecule has 3 aliphatic rings. The van der Waals surface area contributed by atoms with Crippen LogP contribution in [0.5, 0.6) is 0 Å². The molecule has 1 aromatic heterocycles. The summed E-state index contributed by atoms with van der Waals surface area (Å²) in [4.78, 5) is 18.7. The van der Waals surface area contributed by atoms with Gasteiger partial charge in [0.25, 0.3) is 0 Å². The van der Waals surface area contributed by atoms with Gasteiger partial charge in [0, 0.05) is 50.2 Å². The molecule has 2 saturated carbocycles. The number of amides is 1. The van der Waals surface area contributed by atoms with E-state index in [4.69, 9.17) is 18.9 Å². The summed E-state index contributed by atoms with van der Waals surface area (Å²) in [7, 11) is 0. The van der Waals surface area contributed by atoms with Crippen molar-refractivity contribution < 1.29 is 18.7 Å². The normalized spacial score (nSPS) is 24.4. The Morgan fingerprint density at radius 2 is 2.03 bits per heavy atom. The Bertz CT molecular complexity index is 761. The van der Waals surface area contributed by atoms with Crippen molar-refractivity contribution in [1.82, 2.24) is 15.5 Å². The smallest absolute Gasteiger partial charge is 0.409 e. The largest absolute Gasteiger partial charge is 0.469 e. The lowest BCUT2D eigenvalue weighted by Gasteiger charge is -2.61. The van der Waals surface area contributed by atoms with Crippen molar-refractivity contribution in [1.29, 1.82) is 0 Å². The number of furan rings is 1. The van der Waals surface area contributed by atoms with Crippen LogP contribution in [0.15, 0.2) is 27.8 Å². The number of rotatable bonds is 8. The van der Waals surface area contributed by atoms with Crippen LogP contribution in [-0.2, 0) is 15.9 Å². The molecule has 0 radical (unpaired) electrons. The van der Waals surface area contributed by atoms with Crippen molar-refractivity contribution in [3.05, 3.63) is 24.2 Å². The van der Waals surface area contributed by atoms with Crippen molar-refractivity contribution in [3.8, 4) is 0 Å². The molecular formula is C24H39IN4O4. The molecule has 1 saturated heterocycles. The third-order valence-electron chi connectivity index (χ3n) is 7.32. The van der Waals surface area contributed by atoms with E-state index in [1.54, 1.807) is 11.2 Å². The lowest BCUT2D eigenvalue weighted by atomic mass is 9.51. The molecule has 1 amide bonds. The van der Waals surface area contributed by atoms with Crippen LogP contribution in [0.3, 0.4) is 0 Å². The van der Waals surface area contributed by atoms with Gasteiger partial charge in [-0.3, -0.25) is 4.99 Å². The van der Waals surface area contributed by atoms with Gasteiger partial charge in [0.15, 0.2) is 5.96 Å². The molecule has 2 atom stereocenters. The third kappa shape index (κ3) is 6.15. The summed E-state index contributed by atoms with van der Waals surface area (Å²) in [5.41, 5.74) is 0.271. The van der Waals surface area contributed by atoms with Crippen molar-refractivity contribution >= 4 is 36.0 Å². The van der Waals surface area contributed by atoms with Crippen molar-refractivity contribution in [3.63, 3.8) is 0 Å². The number of hydrogen-bond donors (Lipinski definition) is 2. The van der Waals surface area contributed by atoms with Gasteiger partial charge in [-0.25, -0.2) is 4.79 Å². The van der Waals surface area contributed by atoms with E-state index in [0.29, 0.717) is 38.4 Å². The number of piperidine rings is 1. The molecule has 0 aromatic carbocycles. The Labute approximate surface area is 214 Å². The quantitative estimate of drug-likeness (QED) is 0.278. The maximum absolute atomic E-state index is 12.0. The van der Waals surface area contributed by atoms with E-state index >= 15 is 0 Å². The first-order chi connectivity index (χ1) is 15.6. The Morgan fingerprint density at radius 1 is 1.24 bits per heavy atom. The average molecular weight is 575 g/mol. The van der Waals surface area contributed by atoms with Gasteiger partial charge < -0.3 is 29.4 Å². The Morgan fingerprint density at radius 3 is 2.64 bits per heavy atom. The van der Waals surface area contributed by atoms with Gasteiger partial charge in [-0.2, -0.15) is 0 Å². The minimum atomic E-state index is -0.209. The highest BCUT2D eigenvalue weighted by Crippen LogP contribution is 2.57. The van der Waals surface area contributed by atoms with Crippen LogP contribution in [0, 0.1) is 5.41 Å². The zero-order valence-corrected chi connectivity index (χ0v) is 22.2. The van der Waals surface area contributed by atoms with Crippen LogP contribution in [-0.4, -0.2) is 68.0 Å². The molecule has 2 aliphatic carbocycles. The Kier molecular flexibility index (Phi) is 9.72. The van der Waals surface area contributed by atoms with Crippen LogP contribution in [0.1, 0.15) is 58.1 Å². The number of carbonyl (C=O) groups excluding carboxylic acids is 1. The summed E-state index contributed by atoms with van der Waals surface area (Å²) < 4.78 is 16.6. The maximum Gasteiger partial charge on any atom is 0.409 e. The number of nitrogens with one attached hydrogen (secondary N) is 2. The van der Waals surface area contributed by atoms with Gasteiger partial charge in [0.1, 0.15) is 5.76 Å². The van der Waals surface area contributed by atoms with E-state index in [1.165, 1.54) is 19.3 Å². The van der Waals surface area contributed by atoms with Crippen LogP contribution >= 0.6 is 24.0 Å². The second-order valence-electron chi connectivity index (χ2n) is 9.13. The first-order valence-electron chi connectivity index (χ1n) is 12.3. The summed E-state index contributed by atoms with van der Waals surface area (Å²) >= 11 is 0. The van der Waals surface area contributed by atoms with Crippen LogP contribution in [0.2, 0.25) is 0 Å². The molecule has 2 unspecified atom stereocenters. The fraction of sp³-hybridized carbons (Fsp3) is 0.750. The molecule has 2 heterocycles. The zero-order valence-electron chi connectivity index (χ0n) is 19.9. The predicted octanol–water partition coefficient (Wildman–Crippen LogP) is 3.94. The minimum absolute atomic E-state index is 0. The number of ether oxygens (including phenoxy) is 2. The second-order valence-corrected chi connectivity index (χ2v) is 9.13. The fourth-order valence-electron chi connectivity index (χ4n) is 5.29. The number of likely N-dealkylation sites (tertiary alicyclic amines) is 1. The Hall–Kier alpha value is -1.49. The fourth-order valence-corrected chi connectivity index (χ4v) is 5.29. The molecule has 4 rings (SSSR count). The third-order valence-corrected chi connectivity index (χ3v) is 7.32. The SMILES string of the molecule is CCOC(=O)N1CCC(NC(=NCCc2ccco2)NC2CC(OCC)C23CCC3)CC1.I. The van der Waals surface area contributed by atoms with Gasteiger partial charge >= 0.3 is 6.09 Å². The summed E-state index contributed by atoms with van der Waals surface area (Å²) in [5.74, 6) is 1.82. The van der Waals surface area contributed by atoms with Gasteiger partial charge in [0.2, 0.25) is 0 Å². The van der Waals surface area contributed by atoms with E-state index < -0.39 is 0 Å². The van der Waals surface area contributed by atoms with E-state index in [9.17, 15) is 4.79 Å². The maximum atomic E-state index is 12.0. The van der Waals surface area contributed by atoms with Crippen molar-refractivity contribution in [2.75, 3.05) is 32.8 Å². The van der Waals surface area contributed by atoms with Crippen molar-refractivity contribution in [2.24, 2.45) is 10.4 Å². The first kappa shape index (κ1) is 26.1. The second kappa shape index (κ2) is 12.3. The van der Waals surface area contributed by atoms with Gasteiger partial charge in [0.05, 0.1) is 19.0 Å². The van der Waals surface area contributed by atoms with Crippen LogP contribution < -0.4 is 10.6 Å². The first-order valence-corrected chi connectivity index (χ1v) is 12.3. The highest BCUT2D eigenvalue weighted by molar-refractivity contribution is 14.0. The monoisotopic (exact) mass is 574 g/mol. The summed E-state index contributed by atoms with van der Waals surface area (Å²) in [5, 5.41) is 7.39. The van der Waals surface area contributed by atoms with Crippen LogP contribution in [0.25, 0.3) is 0 Å². The molecule has 8 nitrogen and oxygen atoms in total. The number of nitrogens with zero attached hydrogens (tertiary/aromatic N) is 2. The van der Waals surface area contributed by atoms with Crippen molar-refractivity contribution in [2.45, 2.75) is 77.0 Å². The number of hydrogen-bond acceptors (Lipinski definition) is 5. The van der Waals surface area contributed by atoms with E-state index in [1.807, 2.05) is 19.1 Å². The molecular weight excluding hydrogens is 535 g/mol. The molecule has 1 aromatic rings. The number of halogens is 1. The topological polar surface area (TPSA) is 88.3 Å². The molecule has 0 bridgehead atoms. The molecule has 3 fully saturated rings. The van der Waals surface area contributed by atoms with E-state index in [-0.39, 0.29) is 41.5 Å². The lowest BCUT2D eigenvalue weighted by Crippen LogP contribution is -2.69. The number of guanidine groups is 1.